The van der Waals surface area contributed by atoms with Crippen molar-refractivity contribution in [3.63, 3.8) is 0 Å². The zero-order valence-corrected chi connectivity index (χ0v) is 11.2. The van der Waals surface area contributed by atoms with Gasteiger partial charge in [0.05, 0.1) is 18.5 Å². The Morgan fingerprint density at radius 1 is 1.55 bits per heavy atom. The fraction of sp³-hybridized carbons (Fsp3) is 0.462. The number of carboxylic acids is 1. The molecule has 0 saturated carbocycles. The van der Waals surface area contributed by atoms with Gasteiger partial charge in [0.15, 0.2) is 0 Å². The van der Waals surface area contributed by atoms with Gasteiger partial charge < -0.3 is 20.1 Å². The van der Waals surface area contributed by atoms with Gasteiger partial charge in [0.2, 0.25) is 5.88 Å². The number of aliphatic carboxylic acids is 1. The number of nitrogens with one attached hydrogen (secondary N) is 1. The highest BCUT2D eigenvalue weighted by Crippen LogP contribution is 2.19. The average Bonchev–Trinajstić information content (AvgIpc) is 2.91. The van der Waals surface area contributed by atoms with E-state index in [2.05, 4.69) is 10.3 Å². The van der Waals surface area contributed by atoms with Crippen LogP contribution in [0.4, 0.5) is 10.5 Å². The highest BCUT2D eigenvalue weighted by atomic mass is 16.5. The predicted octanol–water partition coefficient (Wildman–Crippen LogP) is 1.56. The van der Waals surface area contributed by atoms with Crippen molar-refractivity contribution in [1.29, 1.82) is 0 Å². The van der Waals surface area contributed by atoms with E-state index in [4.69, 9.17) is 9.84 Å². The normalized spacial score (nSPS) is 17.9. The molecule has 1 aromatic rings. The molecule has 2 heterocycles. The Morgan fingerprint density at radius 2 is 2.35 bits per heavy atom. The largest absolute Gasteiger partial charge is 0.480 e. The van der Waals surface area contributed by atoms with Gasteiger partial charge in [-0.15, -0.1) is 0 Å². The molecule has 0 aromatic carbocycles. The molecule has 2 N–H and O–H groups in total. The van der Waals surface area contributed by atoms with Gasteiger partial charge in [0.1, 0.15) is 6.04 Å². The van der Waals surface area contributed by atoms with Crippen molar-refractivity contribution < 1.29 is 19.4 Å². The first-order valence-corrected chi connectivity index (χ1v) is 6.51. The summed E-state index contributed by atoms with van der Waals surface area (Å²) in [4.78, 5) is 28.4. The molecule has 7 heteroatoms. The van der Waals surface area contributed by atoms with Crippen molar-refractivity contribution >= 4 is 17.7 Å². The monoisotopic (exact) mass is 279 g/mol. The first-order valence-electron chi connectivity index (χ1n) is 6.51. The fourth-order valence-corrected chi connectivity index (χ4v) is 2.15. The molecule has 1 fully saturated rings. The lowest BCUT2D eigenvalue weighted by atomic mass is 10.2. The lowest BCUT2D eigenvalue weighted by Gasteiger charge is -2.21. The van der Waals surface area contributed by atoms with E-state index in [1.807, 2.05) is 6.92 Å². The Labute approximate surface area is 116 Å². The lowest BCUT2D eigenvalue weighted by Crippen LogP contribution is -2.42. The number of anilines is 1. The molecule has 1 unspecified atom stereocenters. The number of hydrogen-bond donors (Lipinski definition) is 2. The molecule has 1 aromatic heterocycles. The summed E-state index contributed by atoms with van der Waals surface area (Å²) in [7, 11) is 0. The first-order chi connectivity index (χ1) is 9.61. The topological polar surface area (TPSA) is 91.8 Å². The zero-order chi connectivity index (χ0) is 14.5. The predicted molar refractivity (Wildman–Crippen MR) is 71.8 cm³/mol. The van der Waals surface area contributed by atoms with Gasteiger partial charge in [0.25, 0.3) is 0 Å². The SMILES string of the molecule is CCOc1ccc(NC(=O)N2CCCC2C(=O)O)cn1. The van der Waals surface area contributed by atoms with Crippen LogP contribution >= 0.6 is 0 Å². The molecule has 1 aliphatic heterocycles. The number of rotatable bonds is 4. The zero-order valence-electron chi connectivity index (χ0n) is 11.2. The van der Waals surface area contributed by atoms with Crippen LogP contribution in [0.1, 0.15) is 19.8 Å². The Hall–Kier alpha value is -2.31. The van der Waals surface area contributed by atoms with Gasteiger partial charge in [-0.3, -0.25) is 0 Å². The molecular weight excluding hydrogens is 262 g/mol. The van der Waals surface area contributed by atoms with Crippen LogP contribution in [0.3, 0.4) is 0 Å². The van der Waals surface area contributed by atoms with Crippen LogP contribution in [0.15, 0.2) is 18.3 Å². The second kappa shape index (κ2) is 6.23. The van der Waals surface area contributed by atoms with E-state index in [9.17, 15) is 9.59 Å². The van der Waals surface area contributed by atoms with Gasteiger partial charge in [-0.2, -0.15) is 0 Å². The number of ether oxygens (including phenoxy) is 1. The summed E-state index contributed by atoms with van der Waals surface area (Å²) in [6.07, 6.45) is 2.67. The number of carbonyl (C=O) groups is 2. The minimum atomic E-state index is -0.970. The Bertz CT molecular complexity index is 489. The second-order valence-corrected chi connectivity index (χ2v) is 4.44. The molecule has 20 heavy (non-hydrogen) atoms. The number of carbonyl (C=O) groups excluding carboxylic acids is 1. The van der Waals surface area contributed by atoms with Crippen molar-refractivity contribution in [3.05, 3.63) is 18.3 Å². The molecule has 0 radical (unpaired) electrons. The van der Waals surface area contributed by atoms with Gasteiger partial charge in [0, 0.05) is 12.6 Å². The lowest BCUT2D eigenvalue weighted by molar-refractivity contribution is -0.141. The number of amides is 2. The van der Waals surface area contributed by atoms with Crippen LogP contribution in [0.5, 0.6) is 5.88 Å². The summed E-state index contributed by atoms with van der Waals surface area (Å²) in [6, 6.07) is 2.16. The molecule has 7 nitrogen and oxygen atoms in total. The van der Waals surface area contributed by atoms with E-state index in [0.29, 0.717) is 37.6 Å². The maximum absolute atomic E-state index is 12.0. The van der Waals surface area contributed by atoms with Crippen LogP contribution in [-0.2, 0) is 4.79 Å². The number of aromatic nitrogens is 1. The third kappa shape index (κ3) is 3.17. The maximum atomic E-state index is 12.0. The minimum Gasteiger partial charge on any atom is -0.480 e. The van der Waals surface area contributed by atoms with Crippen LogP contribution < -0.4 is 10.1 Å². The Morgan fingerprint density at radius 3 is 2.95 bits per heavy atom. The Kier molecular flexibility index (Phi) is 4.39. The van der Waals surface area contributed by atoms with Gasteiger partial charge >= 0.3 is 12.0 Å². The van der Waals surface area contributed by atoms with E-state index >= 15 is 0 Å². The van der Waals surface area contributed by atoms with Crippen LogP contribution in [-0.4, -0.2) is 46.2 Å². The Balaban J connectivity index is 1.98. The van der Waals surface area contributed by atoms with Crippen molar-refractivity contribution in [2.45, 2.75) is 25.8 Å². The van der Waals surface area contributed by atoms with Crippen LogP contribution in [0, 0.1) is 0 Å². The first kappa shape index (κ1) is 14.1. The van der Waals surface area contributed by atoms with E-state index in [0.717, 1.165) is 0 Å². The second-order valence-electron chi connectivity index (χ2n) is 4.44. The molecule has 0 bridgehead atoms. The van der Waals surface area contributed by atoms with E-state index < -0.39 is 18.0 Å². The maximum Gasteiger partial charge on any atom is 0.326 e. The summed E-state index contributed by atoms with van der Waals surface area (Å²) in [5.41, 5.74) is 0.509. The number of urea groups is 1. The molecular formula is C13H17N3O4. The highest BCUT2D eigenvalue weighted by Gasteiger charge is 2.33. The molecule has 108 valence electrons. The van der Waals surface area contributed by atoms with Crippen LogP contribution in [0.2, 0.25) is 0 Å². The van der Waals surface area contributed by atoms with Crippen molar-refractivity contribution in [1.82, 2.24) is 9.88 Å². The quantitative estimate of drug-likeness (QED) is 0.872. The third-order valence-electron chi connectivity index (χ3n) is 3.08. The number of pyridine rings is 1. The van der Waals surface area contributed by atoms with Crippen molar-refractivity contribution in [3.8, 4) is 5.88 Å². The highest BCUT2D eigenvalue weighted by molar-refractivity contribution is 5.92. The van der Waals surface area contributed by atoms with E-state index in [1.54, 1.807) is 12.1 Å². The minimum absolute atomic E-state index is 0.416. The summed E-state index contributed by atoms with van der Waals surface area (Å²) in [5, 5.41) is 11.7. The summed E-state index contributed by atoms with van der Waals surface area (Å²) in [5.74, 6) is -0.488. The molecule has 1 aliphatic rings. The molecule has 2 rings (SSSR count). The van der Waals surface area contributed by atoms with Crippen LogP contribution in [0.25, 0.3) is 0 Å². The molecule has 1 saturated heterocycles. The number of hydrogen-bond acceptors (Lipinski definition) is 4. The number of nitrogens with zero attached hydrogens (tertiary/aromatic N) is 2. The van der Waals surface area contributed by atoms with Gasteiger partial charge in [-0.1, -0.05) is 0 Å². The van der Waals surface area contributed by atoms with Gasteiger partial charge in [-0.05, 0) is 25.8 Å². The molecule has 0 aliphatic carbocycles. The summed E-state index contributed by atoms with van der Waals surface area (Å²) in [6.45, 7) is 2.83. The van der Waals surface area contributed by atoms with E-state index in [-0.39, 0.29) is 0 Å². The van der Waals surface area contributed by atoms with Crippen molar-refractivity contribution in [2.75, 3.05) is 18.5 Å². The molecule has 0 spiro atoms. The summed E-state index contributed by atoms with van der Waals surface area (Å²) >= 11 is 0. The standard InChI is InChI=1S/C13H17N3O4/c1-2-20-11-6-5-9(8-14-11)15-13(19)16-7-3-4-10(16)12(17)18/h5-6,8,10H,2-4,7H2,1H3,(H,15,19)(H,17,18). The average molecular weight is 279 g/mol. The number of likely N-dealkylation sites (tertiary alicyclic amines) is 1. The molecule has 2 amide bonds. The summed E-state index contributed by atoms with van der Waals surface area (Å²) < 4.78 is 5.20. The number of carboxylic acid groups (broad SMARTS) is 1. The molecule has 1 atom stereocenters. The fourth-order valence-electron chi connectivity index (χ4n) is 2.15. The van der Waals surface area contributed by atoms with E-state index in [1.165, 1.54) is 11.1 Å². The smallest absolute Gasteiger partial charge is 0.326 e. The van der Waals surface area contributed by atoms with Gasteiger partial charge in [-0.25, -0.2) is 14.6 Å². The van der Waals surface area contributed by atoms with Crippen molar-refractivity contribution in [2.24, 2.45) is 0 Å². The third-order valence-corrected chi connectivity index (χ3v) is 3.08.